The van der Waals surface area contributed by atoms with E-state index >= 15 is 0 Å². The lowest BCUT2D eigenvalue weighted by Gasteiger charge is -2.01. The molecule has 2 aromatic heterocycles. The van der Waals surface area contributed by atoms with Crippen LogP contribution >= 0.6 is 0 Å². The number of imidazole rings is 1. The molecule has 2 heterocycles. The molecule has 0 aliphatic rings. The lowest BCUT2D eigenvalue weighted by molar-refractivity contribution is 0.415. The first-order valence-corrected chi connectivity index (χ1v) is 5.52. The molecule has 1 aromatic carbocycles. The fourth-order valence-corrected chi connectivity index (χ4v) is 1.84. The number of aromatic amines is 1. The standard InChI is InChI=1S/C13H12N4O/c1-18-9-4-2-3-8(7-9)12-16-11-10(14)5-6-15-13(11)17-12/h2-7H,1H3,(H3,14,15,16,17). The van der Waals surface area contributed by atoms with Crippen LogP contribution in [0.5, 0.6) is 5.75 Å². The number of methoxy groups -OCH3 is 1. The van der Waals surface area contributed by atoms with Crippen molar-refractivity contribution < 1.29 is 4.74 Å². The molecular weight excluding hydrogens is 228 g/mol. The van der Waals surface area contributed by atoms with Gasteiger partial charge in [-0.15, -0.1) is 0 Å². The van der Waals surface area contributed by atoms with Crippen molar-refractivity contribution in [1.29, 1.82) is 0 Å². The van der Waals surface area contributed by atoms with E-state index in [1.807, 2.05) is 24.3 Å². The Morgan fingerprint density at radius 3 is 2.94 bits per heavy atom. The van der Waals surface area contributed by atoms with Crippen molar-refractivity contribution in [2.24, 2.45) is 0 Å². The molecule has 0 fully saturated rings. The van der Waals surface area contributed by atoms with Crippen LogP contribution in [0, 0.1) is 0 Å². The first-order chi connectivity index (χ1) is 8.78. The summed E-state index contributed by atoms with van der Waals surface area (Å²) in [6, 6.07) is 9.41. The van der Waals surface area contributed by atoms with Crippen LogP contribution in [0.2, 0.25) is 0 Å². The molecular formula is C13H12N4O. The van der Waals surface area contributed by atoms with Gasteiger partial charge in [0.25, 0.3) is 0 Å². The van der Waals surface area contributed by atoms with Gasteiger partial charge in [0.1, 0.15) is 17.1 Å². The Kier molecular flexibility index (Phi) is 2.37. The first kappa shape index (κ1) is 10.6. The summed E-state index contributed by atoms with van der Waals surface area (Å²) in [5, 5.41) is 0. The Morgan fingerprint density at radius 2 is 2.17 bits per heavy atom. The normalized spacial score (nSPS) is 10.7. The molecule has 0 saturated carbocycles. The number of anilines is 1. The molecule has 0 bridgehead atoms. The van der Waals surface area contributed by atoms with Crippen molar-refractivity contribution in [2.45, 2.75) is 0 Å². The average Bonchev–Trinajstić information content (AvgIpc) is 2.84. The van der Waals surface area contributed by atoms with Crippen molar-refractivity contribution in [3.8, 4) is 17.1 Å². The zero-order chi connectivity index (χ0) is 12.5. The van der Waals surface area contributed by atoms with E-state index in [0.717, 1.165) is 22.7 Å². The Balaban J connectivity index is 2.16. The topological polar surface area (TPSA) is 76.8 Å². The molecule has 5 nitrogen and oxygen atoms in total. The van der Waals surface area contributed by atoms with Crippen LogP contribution in [-0.2, 0) is 0 Å². The fraction of sp³-hybridized carbons (Fsp3) is 0.0769. The quantitative estimate of drug-likeness (QED) is 0.720. The van der Waals surface area contributed by atoms with Crippen LogP contribution in [0.15, 0.2) is 36.5 Å². The smallest absolute Gasteiger partial charge is 0.180 e. The van der Waals surface area contributed by atoms with Crippen molar-refractivity contribution in [3.05, 3.63) is 36.5 Å². The van der Waals surface area contributed by atoms with Crippen LogP contribution in [0.4, 0.5) is 5.69 Å². The molecule has 0 amide bonds. The number of hydrogen-bond acceptors (Lipinski definition) is 4. The largest absolute Gasteiger partial charge is 0.497 e. The number of hydrogen-bond donors (Lipinski definition) is 2. The number of nitrogens with zero attached hydrogens (tertiary/aromatic N) is 2. The highest BCUT2D eigenvalue weighted by Crippen LogP contribution is 2.25. The Hall–Kier alpha value is -2.56. The Bertz CT molecular complexity index is 705. The lowest BCUT2D eigenvalue weighted by atomic mass is 10.2. The van der Waals surface area contributed by atoms with E-state index < -0.39 is 0 Å². The minimum atomic E-state index is 0.618. The van der Waals surface area contributed by atoms with Crippen LogP contribution < -0.4 is 10.5 Å². The molecule has 90 valence electrons. The summed E-state index contributed by atoms with van der Waals surface area (Å²) in [4.78, 5) is 11.8. The lowest BCUT2D eigenvalue weighted by Crippen LogP contribution is -1.87. The summed E-state index contributed by atoms with van der Waals surface area (Å²) in [6.07, 6.45) is 1.65. The van der Waals surface area contributed by atoms with E-state index in [0.29, 0.717) is 11.3 Å². The van der Waals surface area contributed by atoms with Crippen molar-refractivity contribution in [1.82, 2.24) is 15.0 Å². The second-order valence-corrected chi connectivity index (χ2v) is 3.92. The number of fused-ring (bicyclic) bond motifs is 1. The second kappa shape index (κ2) is 4.03. The molecule has 3 aromatic rings. The van der Waals surface area contributed by atoms with Gasteiger partial charge in [-0.2, -0.15) is 0 Å². The average molecular weight is 240 g/mol. The van der Waals surface area contributed by atoms with Crippen LogP contribution in [0.25, 0.3) is 22.6 Å². The van der Waals surface area contributed by atoms with E-state index in [4.69, 9.17) is 10.5 Å². The fourth-order valence-electron chi connectivity index (χ4n) is 1.84. The molecule has 0 spiro atoms. The summed E-state index contributed by atoms with van der Waals surface area (Å²) < 4.78 is 5.19. The monoisotopic (exact) mass is 240 g/mol. The second-order valence-electron chi connectivity index (χ2n) is 3.92. The number of benzene rings is 1. The van der Waals surface area contributed by atoms with Gasteiger partial charge in [0.2, 0.25) is 0 Å². The van der Waals surface area contributed by atoms with Gasteiger partial charge in [0.05, 0.1) is 12.8 Å². The number of aromatic nitrogens is 3. The van der Waals surface area contributed by atoms with Gasteiger partial charge in [-0.1, -0.05) is 12.1 Å². The van der Waals surface area contributed by atoms with Gasteiger partial charge in [0.15, 0.2) is 5.65 Å². The minimum absolute atomic E-state index is 0.618. The third kappa shape index (κ3) is 1.66. The highest BCUT2D eigenvalue weighted by Gasteiger charge is 2.08. The van der Waals surface area contributed by atoms with Gasteiger partial charge in [-0.25, -0.2) is 9.97 Å². The van der Waals surface area contributed by atoms with E-state index in [2.05, 4.69) is 15.0 Å². The van der Waals surface area contributed by atoms with Crippen LogP contribution in [-0.4, -0.2) is 22.1 Å². The van der Waals surface area contributed by atoms with Crippen LogP contribution in [0.1, 0.15) is 0 Å². The zero-order valence-corrected chi connectivity index (χ0v) is 9.84. The molecule has 18 heavy (non-hydrogen) atoms. The van der Waals surface area contributed by atoms with Crippen molar-refractivity contribution >= 4 is 16.9 Å². The van der Waals surface area contributed by atoms with Crippen molar-refractivity contribution in [3.63, 3.8) is 0 Å². The molecule has 0 aliphatic carbocycles. The minimum Gasteiger partial charge on any atom is -0.497 e. The maximum atomic E-state index is 5.87. The van der Waals surface area contributed by atoms with E-state index in [9.17, 15) is 0 Å². The van der Waals surface area contributed by atoms with Gasteiger partial charge in [0, 0.05) is 11.8 Å². The van der Waals surface area contributed by atoms with E-state index in [-0.39, 0.29) is 0 Å². The summed E-state index contributed by atoms with van der Waals surface area (Å²) in [7, 11) is 1.64. The molecule has 0 atom stereocenters. The van der Waals surface area contributed by atoms with Gasteiger partial charge < -0.3 is 15.5 Å². The molecule has 3 rings (SSSR count). The molecule has 0 aliphatic heterocycles. The summed E-state index contributed by atoms with van der Waals surface area (Å²) in [6.45, 7) is 0. The summed E-state index contributed by atoms with van der Waals surface area (Å²) >= 11 is 0. The molecule has 0 radical (unpaired) electrons. The highest BCUT2D eigenvalue weighted by molar-refractivity contribution is 5.86. The maximum absolute atomic E-state index is 5.87. The van der Waals surface area contributed by atoms with Crippen molar-refractivity contribution in [2.75, 3.05) is 12.8 Å². The number of ether oxygens (including phenoxy) is 1. The SMILES string of the molecule is COc1cccc(-c2nc3nccc(N)c3[nH]2)c1. The number of nitrogen functional groups attached to an aromatic ring is 1. The summed E-state index contributed by atoms with van der Waals surface area (Å²) in [5.41, 5.74) is 8.82. The van der Waals surface area contributed by atoms with E-state index in [1.165, 1.54) is 0 Å². The third-order valence-corrected chi connectivity index (χ3v) is 2.77. The number of rotatable bonds is 2. The van der Waals surface area contributed by atoms with E-state index in [1.54, 1.807) is 19.4 Å². The number of H-pyrrole nitrogens is 1. The number of nitrogens with one attached hydrogen (secondary N) is 1. The molecule has 0 unspecified atom stereocenters. The molecule has 3 N–H and O–H groups in total. The highest BCUT2D eigenvalue weighted by atomic mass is 16.5. The van der Waals surface area contributed by atoms with Gasteiger partial charge >= 0.3 is 0 Å². The predicted molar refractivity (Wildman–Crippen MR) is 70.3 cm³/mol. The maximum Gasteiger partial charge on any atom is 0.180 e. The number of nitrogens with two attached hydrogens (primary N) is 1. The Labute approximate surface area is 104 Å². The van der Waals surface area contributed by atoms with Gasteiger partial charge in [-0.3, -0.25) is 0 Å². The molecule has 5 heteroatoms. The summed E-state index contributed by atoms with van der Waals surface area (Å²) in [5.74, 6) is 1.52. The molecule has 0 saturated heterocycles. The zero-order valence-electron chi connectivity index (χ0n) is 9.84. The Morgan fingerprint density at radius 1 is 1.28 bits per heavy atom. The number of pyridine rings is 1. The van der Waals surface area contributed by atoms with Gasteiger partial charge in [-0.05, 0) is 18.2 Å². The van der Waals surface area contributed by atoms with Crippen LogP contribution in [0.3, 0.4) is 0 Å². The third-order valence-electron chi connectivity index (χ3n) is 2.77. The predicted octanol–water partition coefficient (Wildman–Crippen LogP) is 2.22. The first-order valence-electron chi connectivity index (χ1n) is 5.52.